The molecular formula is C44H48F2N2O5. The van der Waals surface area contributed by atoms with E-state index in [1.165, 1.54) is 6.07 Å². The molecular weight excluding hydrogens is 674 g/mol. The zero-order valence-corrected chi connectivity index (χ0v) is 30.6. The van der Waals surface area contributed by atoms with Gasteiger partial charge in [0.25, 0.3) is 0 Å². The Labute approximate surface area is 310 Å². The number of halogens is 2. The van der Waals surface area contributed by atoms with Crippen molar-refractivity contribution >= 4 is 17.5 Å². The minimum Gasteiger partial charge on any atom is -0.497 e. The van der Waals surface area contributed by atoms with Crippen molar-refractivity contribution in [2.75, 3.05) is 19.0 Å². The van der Waals surface area contributed by atoms with Crippen LogP contribution in [0.25, 0.3) is 0 Å². The van der Waals surface area contributed by atoms with Crippen molar-refractivity contribution in [3.8, 4) is 5.75 Å². The highest BCUT2D eigenvalue weighted by Gasteiger charge is 2.57. The Kier molecular flexibility index (Phi) is 11.5. The van der Waals surface area contributed by atoms with Gasteiger partial charge in [0.05, 0.1) is 25.4 Å². The summed E-state index contributed by atoms with van der Waals surface area (Å²) in [6.07, 6.45) is 5.17. The van der Waals surface area contributed by atoms with Gasteiger partial charge in [-0.05, 0) is 123 Å². The smallest absolute Gasteiger partial charge is 0.322 e. The Bertz CT molecular complexity index is 1970. The predicted molar refractivity (Wildman–Crippen MR) is 202 cm³/mol. The molecule has 2 amide bonds. The fourth-order valence-corrected chi connectivity index (χ4v) is 8.19. The van der Waals surface area contributed by atoms with E-state index in [-0.39, 0.29) is 30.6 Å². The van der Waals surface area contributed by atoms with E-state index in [1.807, 2.05) is 49.4 Å². The van der Waals surface area contributed by atoms with Crippen LogP contribution in [0.2, 0.25) is 0 Å². The predicted octanol–water partition coefficient (Wildman–Crippen LogP) is 8.98. The molecule has 3 aliphatic rings. The SMILES string of the molecule is COc1ccc(NC(=O)N(Cc2ccccc2)CC2(O)CCC3c4ccc(cc4C(=O)c4ccc(F)c(F)c4)CC(O)CCC(C)=CCCC32C)cc1. The summed E-state index contributed by atoms with van der Waals surface area (Å²) in [6.45, 7) is 4.38. The lowest BCUT2D eigenvalue weighted by Crippen LogP contribution is -2.54. The number of aliphatic hydroxyl groups excluding tert-OH is 1. The molecule has 0 heterocycles. The number of ketones is 1. The summed E-state index contributed by atoms with van der Waals surface area (Å²) in [6, 6.07) is 25.1. The number of urea groups is 1. The van der Waals surface area contributed by atoms with Crippen molar-refractivity contribution < 1.29 is 33.3 Å². The van der Waals surface area contributed by atoms with E-state index in [1.54, 1.807) is 42.3 Å². The number of carbonyl (C=O) groups is 2. The second-order valence-electron chi connectivity index (χ2n) is 14.9. The Morgan fingerprint density at radius 1 is 0.943 bits per heavy atom. The molecule has 3 aliphatic carbocycles. The number of nitrogens with one attached hydrogen (secondary N) is 1. The molecule has 0 radical (unpaired) electrons. The molecule has 4 aromatic rings. The largest absolute Gasteiger partial charge is 0.497 e. The van der Waals surface area contributed by atoms with Crippen molar-refractivity contribution in [1.82, 2.24) is 4.90 Å². The summed E-state index contributed by atoms with van der Waals surface area (Å²) in [5.41, 5.74) is 2.24. The van der Waals surface area contributed by atoms with Gasteiger partial charge < -0.3 is 25.2 Å². The molecule has 278 valence electrons. The third-order valence-corrected chi connectivity index (χ3v) is 11.4. The number of hydrogen-bond donors (Lipinski definition) is 3. The standard InChI is InChI=1S/C44H48F2N2O5/c1-29-8-7-22-43(2)38(36-19-12-31(24-34(49)16-11-29)25-37(36)41(50)32-13-20-39(45)40(46)26-32)21-23-44(43,52)28-48(27-30-9-5-4-6-10-30)42(51)47-33-14-17-35(53-3)18-15-33/h4-6,8-10,12-15,17-20,25-26,34,38,49,52H,7,11,16,21-24,27-28H2,1-3H3,(H,47,51). The zero-order valence-electron chi connectivity index (χ0n) is 30.6. The van der Waals surface area contributed by atoms with Gasteiger partial charge >= 0.3 is 6.03 Å². The number of aliphatic hydroxyl groups is 2. The number of carbonyl (C=O) groups excluding carboxylic acids is 2. The molecule has 0 aliphatic heterocycles. The van der Waals surface area contributed by atoms with Crippen LogP contribution in [0.5, 0.6) is 5.75 Å². The highest BCUT2D eigenvalue weighted by atomic mass is 19.2. The first-order valence-electron chi connectivity index (χ1n) is 18.3. The molecule has 4 aromatic carbocycles. The first kappa shape index (κ1) is 37.9. The maximum absolute atomic E-state index is 14.4. The molecule has 0 aromatic heterocycles. The fourth-order valence-electron chi connectivity index (χ4n) is 8.19. The van der Waals surface area contributed by atoms with Gasteiger partial charge in [-0.15, -0.1) is 0 Å². The summed E-state index contributed by atoms with van der Waals surface area (Å²) in [4.78, 5) is 30.0. The Morgan fingerprint density at radius 3 is 2.42 bits per heavy atom. The van der Waals surface area contributed by atoms with Crippen LogP contribution in [-0.4, -0.2) is 52.3 Å². The molecule has 53 heavy (non-hydrogen) atoms. The minimum absolute atomic E-state index is 0.0155. The third-order valence-electron chi connectivity index (χ3n) is 11.4. The Hall–Kier alpha value is -4.86. The van der Waals surface area contributed by atoms with E-state index in [9.17, 15) is 28.6 Å². The van der Waals surface area contributed by atoms with Crippen LogP contribution in [0.4, 0.5) is 19.3 Å². The van der Waals surface area contributed by atoms with Gasteiger partial charge in [0, 0.05) is 28.8 Å². The number of allylic oxidation sites excluding steroid dienone is 2. The zero-order chi connectivity index (χ0) is 37.8. The Balaban J connectivity index is 1.41. The third kappa shape index (κ3) is 8.37. The first-order valence-corrected chi connectivity index (χ1v) is 18.3. The molecule has 7 rings (SSSR count). The molecule has 3 N–H and O–H groups in total. The highest BCUT2D eigenvalue weighted by molar-refractivity contribution is 6.10. The molecule has 1 fully saturated rings. The van der Waals surface area contributed by atoms with Gasteiger partial charge in [-0.2, -0.15) is 0 Å². The summed E-state index contributed by atoms with van der Waals surface area (Å²) >= 11 is 0. The van der Waals surface area contributed by atoms with Crippen molar-refractivity contribution in [2.45, 2.75) is 83.0 Å². The van der Waals surface area contributed by atoms with Crippen molar-refractivity contribution in [1.29, 1.82) is 0 Å². The van der Waals surface area contributed by atoms with Gasteiger partial charge in [-0.1, -0.05) is 61.0 Å². The average Bonchev–Trinajstić information content (AvgIpc) is 3.40. The average molecular weight is 723 g/mol. The van der Waals surface area contributed by atoms with E-state index in [4.69, 9.17) is 4.74 Å². The number of benzene rings is 4. The lowest BCUT2D eigenvalue weighted by molar-refractivity contribution is -0.0773. The summed E-state index contributed by atoms with van der Waals surface area (Å²) in [5, 5.41) is 26.9. The molecule has 9 heteroatoms. The minimum atomic E-state index is -1.38. The topological polar surface area (TPSA) is 99.1 Å². The summed E-state index contributed by atoms with van der Waals surface area (Å²) in [7, 11) is 1.58. The highest BCUT2D eigenvalue weighted by Crippen LogP contribution is 2.59. The number of ether oxygens (including phenoxy) is 1. The van der Waals surface area contributed by atoms with Crippen LogP contribution < -0.4 is 10.1 Å². The van der Waals surface area contributed by atoms with Crippen LogP contribution in [0.1, 0.15) is 90.9 Å². The van der Waals surface area contributed by atoms with E-state index in [0.29, 0.717) is 67.5 Å². The molecule has 4 unspecified atom stereocenters. The molecule has 0 saturated heterocycles. The number of amides is 2. The normalized spacial score (nSPS) is 23.0. The van der Waals surface area contributed by atoms with Gasteiger partial charge in [0.2, 0.25) is 0 Å². The van der Waals surface area contributed by atoms with E-state index >= 15 is 0 Å². The molecule has 7 nitrogen and oxygen atoms in total. The van der Waals surface area contributed by atoms with Crippen molar-refractivity contribution in [2.24, 2.45) is 5.41 Å². The van der Waals surface area contributed by atoms with Crippen LogP contribution in [-0.2, 0) is 13.0 Å². The van der Waals surface area contributed by atoms with Crippen LogP contribution in [0, 0.1) is 17.0 Å². The molecule has 2 bridgehead atoms. The van der Waals surface area contributed by atoms with Gasteiger partial charge in [0.15, 0.2) is 17.4 Å². The summed E-state index contributed by atoms with van der Waals surface area (Å²) < 4.78 is 33.7. The maximum atomic E-state index is 14.4. The van der Waals surface area contributed by atoms with Gasteiger partial charge in [-0.3, -0.25) is 4.79 Å². The lowest BCUT2D eigenvalue weighted by atomic mass is 9.64. The van der Waals surface area contributed by atoms with E-state index < -0.39 is 34.5 Å². The molecule has 1 saturated carbocycles. The van der Waals surface area contributed by atoms with Crippen LogP contribution >= 0.6 is 0 Å². The van der Waals surface area contributed by atoms with Crippen LogP contribution in [0.15, 0.2) is 103 Å². The first-order chi connectivity index (χ1) is 25.4. The number of rotatable bonds is 8. The maximum Gasteiger partial charge on any atom is 0.322 e. The van der Waals surface area contributed by atoms with Crippen molar-refractivity contribution in [3.05, 3.63) is 142 Å². The molecule has 4 atom stereocenters. The fraction of sp³-hybridized carbons (Fsp3) is 0.364. The monoisotopic (exact) mass is 722 g/mol. The number of hydrogen-bond acceptors (Lipinski definition) is 5. The van der Waals surface area contributed by atoms with Gasteiger partial charge in [0.1, 0.15) is 5.75 Å². The van der Waals surface area contributed by atoms with E-state index in [2.05, 4.69) is 18.3 Å². The van der Waals surface area contributed by atoms with E-state index in [0.717, 1.165) is 28.8 Å². The van der Waals surface area contributed by atoms with Gasteiger partial charge in [-0.25, -0.2) is 13.6 Å². The number of nitrogens with zero attached hydrogens (tertiary/aromatic N) is 1. The number of fused-ring (bicyclic) bond motifs is 8. The lowest BCUT2D eigenvalue weighted by Gasteiger charge is -2.46. The quantitative estimate of drug-likeness (QED) is 0.125. The summed E-state index contributed by atoms with van der Waals surface area (Å²) in [5.74, 6) is -2.27. The van der Waals surface area contributed by atoms with Crippen LogP contribution in [0.3, 0.4) is 0 Å². The van der Waals surface area contributed by atoms with Crippen molar-refractivity contribution in [3.63, 3.8) is 0 Å². The molecule has 0 spiro atoms. The second-order valence-corrected chi connectivity index (χ2v) is 14.9. The number of anilines is 1. The second kappa shape index (κ2) is 16.0. The Morgan fingerprint density at radius 2 is 1.70 bits per heavy atom. The number of methoxy groups -OCH3 is 1.